The van der Waals surface area contributed by atoms with Crippen molar-refractivity contribution >= 4 is 27.9 Å². The Balaban J connectivity index is 2.71. The molecule has 156 valence electrons. The number of sulfonamides is 1. The first-order chi connectivity index (χ1) is 13.1. The number of benzene rings is 1. The van der Waals surface area contributed by atoms with E-state index in [4.69, 9.17) is 4.74 Å². The van der Waals surface area contributed by atoms with Gasteiger partial charge in [0.05, 0.1) is 10.5 Å². The van der Waals surface area contributed by atoms with E-state index in [1.807, 2.05) is 19.2 Å². The fourth-order valence-corrected chi connectivity index (χ4v) is 3.72. The van der Waals surface area contributed by atoms with Gasteiger partial charge in [-0.05, 0) is 24.1 Å². The number of ether oxygens (including phenoxy) is 1. The van der Waals surface area contributed by atoms with Crippen molar-refractivity contribution in [1.82, 2.24) is 14.9 Å². The van der Waals surface area contributed by atoms with E-state index in [9.17, 15) is 22.8 Å². The van der Waals surface area contributed by atoms with Gasteiger partial charge in [0.25, 0.3) is 5.91 Å². The largest absolute Gasteiger partial charge is 0.452 e. The summed E-state index contributed by atoms with van der Waals surface area (Å²) in [5, 5.41) is 4.53. The lowest BCUT2D eigenvalue weighted by Gasteiger charge is -2.18. The number of esters is 1. The summed E-state index contributed by atoms with van der Waals surface area (Å²) in [6, 6.07) is 4.71. The highest BCUT2D eigenvalue weighted by Gasteiger charge is 2.23. The number of nitrogens with one attached hydrogen (secondary N) is 2. The normalized spacial score (nSPS) is 11.4. The Labute approximate surface area is 165 Å². The van der Waals surface area contributed by atoms with Crippen LogP contribution in [0, 0.1) is 5.92 Å². The molecule has 3 amide bonds. The summed E-state index contributed by atoms with van der Waals surface area (Å²) in [6.07, 6.45) is 0. The van der Waals surface area contributed by atoms with Gasteiger partial charge in [-0.25, -0.2) is 18.0 Å². The number of imide groups is 1. The Bertz CT molecular complexity index is 803. The third kappa shape index (κ3) is 6.93. The number of carbonyl (C=O) groups excluding carboxylic acids is 3. The molecule has 10 heteroatoms. The van der Waals surface area contributed by atoms with E-state index in [0.717, 1.165) is 0 Å². The van der Waals surface area contributed by atoms with E-state index in [0.29, 0.717) is 19.6 Å². The molecule has 1 rings (SSSR count). The molecule has 0 aliphatic rings. The quantitative estimate of drug-likeness (QED) is 0.590. The molecule has 0 spiro atoms. The Morgan fingerprint density at radius 2 is 1.79 bits per heavy atom. The third-order valence-corrected chi connectivity index (χ3v) is 5.72. The second-order valence-electron chi connectivity index (χ2n) is 6.35. The lowest BCUT2D eigenvalue weighted by Crippen LogP contribution is -2.42. The first kappa shape index (κ1) is 23.6. The standard InChI is InChI=1S/C18H27N3O6S/c1-5-21(6-2)28(25,26)15-9-7-8-14(10-15)17(23)27-12-16(22)20-18(24)19-11-13(3)4/h7-10,13H,5-6,11-12H2,1-4H3,(H2,19,20,22,24). The van der Waals surface area contributed by atoms with Gasteiger partial charge in [0.15, 0.2) is 6.61 Å². The van der Waals surface area contributed by atoms with E-state index in [2.05, 4.69) is 5.32 Å². The summed E-state index contributed by atoms with van der Waals surface area (Å²) in [6.45, 7) is 7.56. The number of rotatable bonds is 9. The molecule has 0 saturated heterocycles. The molecular formula is C18H27N3O6S. The van der Waals surface area contributed by atoms with Crippen LogP contribution in [0.4, 0.5) is 4.79 Å². The molecule has 0 unspecified atom stereocenters. The summed E-state index contributed by atoms with van der Waals surface area (Å²) >= 11 is 0. The SMILES string of the molecule is CCN(CC)S(=O)(=O)c1cccc(C(=O)OCC(=O)NC(=O)NCC(C)C)c1. The highest BCUT2D eigenvalue weighted by Crippen LogP contribution is 2.17. The molecule has 0 radical (unpaired) electrons. The molecule has 1 aromatic rings. The Hall–Kier alpha value is -2.46. The van der Waals surface area contributed by atoms with Crippen molar-refractivity contribution in [3.63, 3.8) is 0 Å². The van der Waals surface area contributed by atoms with Crippen LogP contribution in [0.2, 0.25) is 0 Å². The van der Waals surface area contributed by atoms with E-state index in [1.54, 1.807) is 13.8 Å². The highest BCUT2D eigenvalue weighted by atomic mass is 32.2. The molecule has 0 fully saturated rings. The van der Waals surface area contributed by atoms with Gasteiger partial charge < -0.3 is 10.1 Å². The molecule has 28 heavy (non-hydrogen) atoms. The number of urea groups is 1. The maximum atomic E-state index is 12.5. The predicted molar refractivity (Wildman–Crippen MR) is 103 cm³/mol. The highest BCUT2D eigenvalue weighted by molar-refractivity contribution is 7.89. The van der Waals surface area contributed by atoms with Gasteiger partial charge in [-0.2, -0.15) is 4.31 Å². The third-order valence-electron chi connectivity index (χ3n) is 3.67. The molecule has 9 nitrogen and oxygen atoms in total. The number of amides is 3. The average Bonchev–Trinajstić information content (AvgIpc) is 2.65. The van der Waals surface area contributed by atoms with Crippen molar-refractivity contribution in [2.75, 3.05) is 26.2 Å². The zero-order valence-electron chi connectivity index (χ0n) is 16.5. The summed E-state index contributed by atoms with van der Waals surface area (Å²) in [5.74, 6) is -1.44. The van der Waals surface area contributed by atoms with Crippen molar-refractivity contribution in [3.8, 4) is 0 Å². The second kappa shape index (κ2) is 10.8. The molecule has 0 aliphatic heterocycles. The maximum Gasteiger partial charge on any atom is 0.338 e. The number of hydrogen-bond donors (Lipinski definition) is 2. The molecule has 0 bridgehead atoms. The first-order valence-corrected chi connectivity index (χ1v) is 10.4. The molecule has 0 aromatic heterocycles. The monoisotopic (exact) mass is 413 g/mol. The minimum absolute atomic E-state index is 0.00899. The second-order valence-corrected chi connectivity index (χ2v) is 8.28. The minimum Gasteiger partial charge on any atom is -0.452 e. The fourth-order valence-electron chi connectivity index (χ4n) is 2.21. The van der Waals surface area contributed by atoms with Crippen LogP contribution in [0.3, 0.4) is 0 Å². The van der Waals surface area contributed by atoms with Crippen LogP contribution in [0.5, 0.6) is 0 Å². The van der Waals surface area contributed by atoms with E-state index >= 15 is 0 Å². The number of nitrogens with zero attached hydrogens (tertiary/aromatic N) is 1. The van der Waals surface area contributed by atoms with Gasteiger partial charge in [0.1, 0.15) is 0 Å². The fraction of sp³-hybridized carbons (Fsp3) is 0.500. The summed E-state index contributed by atoms with van der Waals surface area (Å²) in [4.78, 5) is 35.3. The summed E-state index contributed by atoms with van der Waals surface area (Å²) in [7, 11) is -3.72. The first-order valence-electron chi connectivity index (χ1n) is 8.96. The molecule has 0 saturated carbocycles. The summed E-state index contributed by atoms with van der Waals surface area (Å²) < 4.78 is 31.2. The number of carbonyl (C=O) groups is 3. The van der Waals surface area contributed by atoms with Crippen molar-refractivity contribution in [3.05, 3.63) is 29.8 Å². The van der Waals surface area contributed by atoms with E-state index < -0.39 is 34.5 Å². The van der Waals surface area contributed by atoms with Crippen LogP contribution in [-0.4, -0.2) is 56.9 Å². The van der Waals surface area contributed by atoms with Gasteiger partial charge >= 0.3 is 12.0 Å². The Kier molecular flexibility index (Phi) is 9.07. The smallest absolute Gasteiger partial charge is 0.338 e. The van der Waals surface area contributed by atoms with E-state index in [1.165, 1.54) is 28.6 Å². The van der Waals surface area contributed by atoms with Crippen LogP contribution in [0.25, 0.3) is 0 Å². The van der Waals surface area contributed by atoms with Crippen molar-refractivity contribution in [1.29, 1.82) is 0 Å². The zero-order valence-corrected chi connectivity index (χ0v) is 17.3. The lowest BCUT2D eigenvalue weighted by atomic mass is 10.2. The maximum absolute atomic E-state index is 12.5. The van der Waals surface area contributed by atoms with Crippen molar-refractivity contribution in [2.24, 2.45) is 5.92 Å². The van der Waals surface area contributed by atoms with Gasteiger partial charge in [-0.1, -0.05) is 33.8 Å². The topological polar surface area (TPSA) is 122 Å². The van der Waals surface area contributed by atoms with Crippen molar-refractivity contribution < 1.29 is 27.5 Å². The van der Waals surface area contributed by atoms with Crippen LogP contribution in [0.15, 0.2) is 29.2 Å². The molecule has 0 aliphatic carbocycles. The molecule has 2 N–H and O–H groups in total. The van der Waals surface area contributed by atoms with Crippen molar-refractivity contribution in [2.45, 2.75) is 32.6 Å². The van der Waals surface area contributed by atoms with Crippen LogP contribution < -0.4 is 10.6 Å². The summed E-state index contributed by atoms with van der Waals surface area (Å²) in [5.41, 5.74) is -0.00899. The lowest BCUT2D eigenvalue weighted by molar-refractivity contribution is -0.123. The van der Waals surface area contributed by atoms with Crippen LogP contribution in [0.1, 0.15) is 38.1 Å². The molecule has 1 aromatic carbocycles. The Morgan fingerprint density at radius 3 is 2.36 bits per heavy atom. The predicted octanol–water partition coefficient (Wildman–Crippen LogP) is 1.36. The van der Waals surface area contributed by atoms with E-state index in [-0.39, 0.29) is 16.4 Å². The van der Waals surface area contributed by atoms with Gasteiger partial charge in [-0.3, -0.25) is 10.1 Å². The Morgan fingerprint density at radius 1 is 1.14 bits per heavy atom. The average molecular weight is 413 g/mol. The minimum atomic E-state index is -3.72. The molecule has 0 heterocycles. The van der Waals surface area contributed by atoms with Gasteiger partial charge in [0.2, 0.25) is 10.0 Å². The number of hydrogen-bond acceptors (Lipinski definition) is 6. The van der Waals surface area contributed by atoms with Crippen LogP contribution >= 0.6 is 0 Å². The van der Waals surface area contributed by atoms with Gasteiger partial charge in [0, 0.05) is 19.6 Å². The molecule has 0 atom stereocenters. The van der Waals surface area contributed by atoms with Crippen LogP contribution in [-0.2, 0) is 19.6 Å². The van der Waals surface area contributed by atoms with Gasteiger partial charge in [-0.15, -0.1) is 0 Å². The zero-order chi connectivity index (χ0) is 21.3. The molecular weight excluding hydrogens is 386 g/mol.